The summed E-state index contributed by atoms with van der Waals surface area (Å²) >= 11 is 5.82. The van der Waals surface area contributed by atoms with Gasteiger partial charge in [0.1, 0.15) is 5.82 Å². The molecule has 4 nitrogen and oxygen atoms in total. The Balaban J connectivity index is 2.23. The van der Waals surface area contributed by atoms with Crippen LogP contribution in [0.25, 0.3) is 0 Å². The van der Waals surface area contributed by atoms with Crippen LogP contribution in [0, 0.1) is 15.9 Å². The van der Waals surface area contributed by atoms with Crippen molar-refractivity contribution in [3.05, 3.63) is 69.0 Å². The lowest BCUT2D eigenvalue weighted by molar-refractivity contribution is -0.384. The van der Waals surface area contributed by atoms with Gasteiger partial charge in [-0.25, -0.2) is 4.39 Å². The van der Waals surface area contributed by atoms with Crippen molar-refractivity contribution in [2.24, 2.45) is 0 Å². The van der Waals surface area contributed by atoms with Gasteiger partial charge in [-0.3, -0.25) is 10.1 Å². The lowest BCUT2D eigenvalue weighted by atomic mass is 10.1. The van der Waals surface area contributed by atoms with Crippen molar-refractivity contribution in [2.75, 3.05) is 5.32 Å². The molecule has 0 heterocycles. The maximum atomic E-state index is 13.6. The van der Waals surface area contributed by atoms with E-state index in [0.717, 1.165) is 0 Å². The van der Waals surface area contributed by atoms with E-state index in [0.29, 0.717) is 10.6 Å². The summed E-state index contributed by atoms with van der Waals surface area (Å²) in [5.41, 5.74) is 0.956. The van der Waals surface area contributed by atoms with E-state index < -0.39 is 10.7 Å². The number of nitro groups is 1. The second kappa shape index (κ2) is 5.88. The number of halogens is 2. The number of anilines is 1. The molecule has 0 aliphatic carbocycles. The largest absolute Gasteiger partial charge is 0.376 e. The Bertz CT molecular complexity index is 649. The minimum atomic E-state index is -0.462. The van der Waals surface area contributed by atoms with Gasteiger partial charge < -0.3 is 5.32 Å². The number of nitro benzene ring substituents is 1. The van der Waals surface area contributed by atoms with Gasteiger partial charge in [-0.05, 0) is 30.7 Å². The van der Waals surface area contributed by atoms with E-state index in [-0.39, 0.29) is 17.4 Å². The van der Waals surface area contributed by atoms with Gasteiger partial charge in [-0.1, -0.05) is 23.7 Å². The van der Waals surface area contributed by atoms with Crippen LogP contribution < -0.4 is 5.32 Å². The van der Waals surface area contributed by atoms with Crippen molar-refractivity contribution < 1.29 is 9.31 Å². The monoisotopic (exact) mass is 294 g/mol. The van der Waals surface area contributed by atoms with Gasteiger partial charge in [0.15, 0.2) is 0 Å². The molecule has 6 heteroatoms. The van der Waals surface area contributed by atoms with Crippen LogP contribution in [-0.2, 0) is 0 Å². The standard InChI is InChI=1S/C14H12ClFN2O2/c1-9(10-3-2-4-12(7-10)18(19)20)17-14-8-11(15)5-6-13(14)16/h2-9,17H,1H3. The average molecular weight is 295 g/mol. The summed E-state index contributed by atoms with van der Waals surface area (Å²) in [5.74, 6) is -0.424. The van der Waals surface area contributed by atoms with Gasteiger partial charge >= 0.3 is 0 Å². The zero-order valence-electron chi connectivity index (χ0n) is 10.6. The van der Waals surface area contributed by atoms with Crippen molar-refractivity contribution >= 4 is 23.0 Å². The number of benzene rings is 2. The number of hydrogen-bond acceptors (Lipinski definition) is 3. The average Bonchev–Trinajstić information content (AvgIpc) is 2.43. The molecule has 20 heavy (non-hydrogen) atoms. The van der Waals surface area contributed by atoms with Crippen LogP contribution >= 0.6 is 11.6 Å². The lowest BCUT2D eigenvalue weighted by Gasteiger charge is -2.16. The van der Waals surface area contributed by atoms with Crippen molar-refractivity contribution in [1.82, 2.24) is 0 Å². The van der Waals surface area contributed by atoms with E-state index in [1.807, 2.05) is 0 Å². The van der Waals surface area contributed by atoms with Crippen molar-refractivity contribution in [3.63, 3.8) is 0 Å². The predicted molar refractivity (Wildman–Crippen MR) is 76.5 cm³/mol. The topological polar surface area (TPSA) is 55.2 Å². The molecule has 1 unspecified atom stereocenters. The summed E-state index contributed by atoms with van der Waals surface area (Å²) in [6, 6.07) is 10.1. The zero-order chi connectivity index (χ0) is 14.7. The first-order chi connectivity index (χ1) is 9.47. The maximum absolute atomic E-state index is 13.6. The van der Waals surface area contributed by atoms with Crippen molar-refractivity contribution in [3.8, 4) is 0 Å². The molecule has 0 bridgehead atoms. The summed E-state index contributed by atoms with van der Waals surface area (Å²) in [7, 11) is 0. The van der Waals surface area contributed by atoms with E-state index >= 15 is 0 Å². The fraction of sp³-hybridized carbons (Fsp3) is 0.143. The van der Waals surface area contributed by atoms with Crippen LogP contribution in [0.15, 0.2) is 42.5 Å². The summed E-state index contributed by atoms with van der Waals surface area (Å²) in [6.07, 6.45) is 0. The molecule has 0 radical (unpaired) electrons. The fourth-order valence-corrected chi connectivity index (χ4v) is 2.00. The van der Waals surface area contributed by atoms with Gasteiger partial charge in [-0.2, -0.15) is 0 Å². The molecule has 0 amide bonds. The highest BCUT2D eigenvalue weighted by Crippen LogP contribution is 2.26. The second-order valence-corrected chi connectivity index (χ2v) is 4.78. The minimum Gasteiger partial charge on any atom is -0.376 e. The number of nitrogens with one attached hydrogen (secondary N) is 1. The van der Waals surface area contributed by atoms with Crippen LogP contribution in [0.5, 0.6) is 0 Å². The molecule has 1 N–H and O–H groups in total. The molecule has 0 spiro atoms. The third kappa shape index (κ3) is 3.24. The molecule has 2 rings (SSSR count). The highest BCUT2D eigenvalue weighted by Gasteiger charge is 2.12. The Hall–Kier alpha value is -2.14. The Kier molecular flexibility index (Phi) is 4.20. The van der Waals surface area contributed by atoms with E-state index in [9.17, 15) is 14.5 Å². The summed E-state index contributed by atoms with van der Waals surface area (Å²) in [6.45, 7) is 1.79. The summed E-state index contributed by atoms with van der Waals surface area (Å²) < 4.78 is 13.6. The van der Waals surface area contributed by atoms with Crippen LogP contribution in [0.3, 0.4) is 0 Å². The van der Waals surface area contributed by atoms with Gasteiger partial charge in [0.25, 0.3) is 5.69 Å². The molecule has 2 aromatic carbocycles. The van der Waals surface area contributed by atoms with Crippen molar-refractivity contribution in [1.29, 1.82) is 0 Å². The third-order valence-electron chi connectivity index (χ3n) is 2.88. The van der Waals surface area contributed by atoms with Crippen LogP contribution in [0.1, 0.15) is 18.5 Å². The van der Waals surface area contributed by atoms with E-state index in [2.05, 4.69) is 5.32 Å². The molecule has 0 aliphatic rings. The molecule has 0 fully saturated rings. The van der Waals surface area contributed by atoms with Gasteiger partial charge in [0.2, 0.25) is 0 Å². The van der Waals surface area contributed by atoms with Gasteiger partial charge in [0.05, 0.1) is 10.6 Å². The molecule has 0 aliphatic heterocycles. The van der Waals surface area contributed by atoms with E-state index in [1.165, 1.54) is 30.3 Å². The van der Waals surface area contributed by atoms with E-state index in [4.69, 9.17) is 11.6 Å². The first kappa shape index (κ1) is 14.3. The quantitative estimate of drug-likeness (QED) is 0.664. The Morgan fingerprint density at radius 1 is 1.30 bits per heavy atom. The zero-order valence-corrected chi connectivity index (χ0v) is 11.4. The predicted octanol–water partition coefficient (Wildman–Crippen LogP) is 4.56. The molecule has 0 saturated carbocycles. The molecule has 104 valence electrons. The van der Waals surface area contributed by atoms with Gasteiger partial charge in [-0.15, -0.1) is 0 Å². The highest BCUT2D eigenvalue weighted by atomic mass is 35.5. The number of hydrogen-bond donors (Lipinski definition) is 1. The number of nitrogens with zero attached hydrogens (tertiary/aromatic N) is 1. The smallest absolute Gasteiger partial charge is 0.269 e. The van der Waals surface area contributed by atoms with Crippen LogP contribution in [0.4, 0.5) is 15.8 Å². The third-order valence-corrected chi connectivity index (χ3v) is 3.12. The van der Waals surface area contributed by atoms with Crippen molar-refractivity contribution in [2.45, 2.75) is 13.0 Å². The Morgan fingerprint density at radius 2 is 2.05 bits per heavy atom. The lowest BCUT2D eigenvalue weighted by Crippen LogP contribution is -2.08. The Labute approximate surface area is 120 Å². The number of non-ortho nitro benzene ring substituents is 1. The molecule has 2 aromatic rings. The molecular weight excluding hydrogens is 283 g/mol. The molecular formula is C14H12ClFN2O2. The SMILES string of the molecule is CC(Nc1cc(Cl)ccc1F)c1cccc([N+](=O)[O-])c1. The molecule has 1 atom stereocenters. The second-order valence-electron chi connectivity index (χ2n) is 4.34. The Morgan fingerprint density at radius 3 is 2.75 bits per heavy atom. The first-order valence-electron chi connectivity index (χ1n) is 5.93. The van der Waals surface area contributed by atoms with Gasteiger partial charge in [0, 0.05) is 23.2 Å². The fourth-order valence-electron chi connectivity index (χ4n) is 1.83. The summed E-state index contributed by atoms with van der Waals surface area (Å²) in [4.78, 5) is 10.3. The first-order valence-corrected chi connectivity index (χ1v) is 6.31. The van der Waals surface area contributed by atoms with Crippen LogP contribution in [0.2, 0.25) is 5.02 Å². The molecule has 0 saturated heterocycles. The maximum Gasteiger partial charge on any atom is 0.269 e. The number of rotatable bonds is 4. The van der Waals surface area contributed by atoms with E-state index in [1.54, 1.807) is 19.1 Å². The minimum absolute atomic E-state index is 0.00251. The molecule has 0 aromatic heterocycles. The highest BCUT2D eigenvalue weighted by molar-refractivity contribution is 6.30. The van der Waals surface area contributed by atoms with Crippen LogP contribution in [-0.4, -0.2) is 4.92 Å². The normalized spacial score (nSPS) is 11.9. The summed E-state index contributed by atoms with van der Waals surface area (Å²) in [5, 5.41) is 14.1.